The summed E-state index contributed by atoms with van der Waals surface area (Å²) in [6.07, 6.45) is 3.54. The molecule has 0 radical (unpaired) electrons. The summed E-state index contributed by atoms with van der Waals surface area (Å²) in [5, 5.41) is 4.82. The number of hydrogen-bond donors (Lipinski definition) is 2. The van der Waals surface area contributed by atoms with Crippen molar-refractivity contribution in [2.45, 2.75) is 44.2 Å². The Morgan fingerprint density at radius 1 is 1.24 bits per heavy atom. The van der Waals surface area contributed by atoms with Gasteiger partial charge in [-0.3, -0.25) is 18.8 Å². The monoisotopic (exact) mass is 489 g/mol. The number of piperidine rings is 1. The lowest BCUT2D eigenvalue weighted by atomic mass is 9.89. The zero-order valence-electron chi connectivity index (χ0n) is 18.6. The minimum atomic E-state index is -1.19. The minimum Gasteiger partial charge on any atom is -0.347 e. The van der Waals surface area contributed by atoms with Crippen LogP contribution in [-0.2, 0) is 9.63 Å². The second-order valence-corrected chi connectivity index (χ2v) is 9.63. The number of halogens is 2. The summed E-state index contributed by atoms with van der Waals surface area (Å²) < 4.78 is 29.4. The molecule has 34 heavy (non-hydrogen) atoms. The summed E-state index contributed by atoms with van der Waals surface area (Å²) in [5.74, 6) is -1.86. The van der Waals surface area contributed by atoms with Crippen LogP contribution < -0.4 is 10.8 Å². The third-order valence-electron chi connectivity index (χ3n) is 6.54. The predicted octanol–water partition coefficient (Wildman–Crippen LogP) is 3.13. The Morgan fingerprint density at radius 3 is 2.71 bits per heavy atom. The third kappa shape index (κ3) is 4.19. The number of aryl methyl sites for hydroxylation is 1. The van der Waals surface area contributed by atoms with Crippen LogP contribution in [-0.4, -0.2) is 51.3 Å². The number of amides is 2. The highest BCUT2D eigenvalue weighted by Crippen LogP contribution is 2.31. The number of carbonyl (C=O) groups excluding carboxylic acids is 2. The lowest BCUT2D eigenvalue weighted by Gasteiger charge is -2.40. The van der Waals surface area contributed by atoms with E-state index >= 15 is 0 Å². The summed E-state index contributed by atoms with van der Waals surface area (Å²) in [6, 6.07) is 2.76. The second kappa shape index (κ2) is 9.05. The number of carbonyl (C=O) groups is 2. The van der Waals surface area contributed by atoms with Crippen molar-refractivity contribution in [3.8, 4) is 0 Å². The first kappa shape index (κ1) is 22.9. The van der Waals surface area contributed by atoms with Crippen LogP contribution in [0.1, 0.15) is 53.5 Å². The van der Waals surface area contributed by atoms with Gasteiger partial charge in [-0.25, -0.2) is 19.2 Å². The SMILES string of the molecule is Cc1nc2sccn2c1C(=O)N1CCC2(CC1)ONCCC[C@@H](c1cc(F)cc(F)c1)NC2=O. The molecule has 5 rings (SSSR count). The van der Waals surface area contributed by atoms with Crippen molar-refractivity contribution in [1.82, 2.24) is 25.1 Å². The average Bonchev–Trinajstić information content (AvgIpc) is 3.38. The molecule has 2 aromatic heterocycles. The zero-order chi connectivity index (χ0) is 23.9. The highest BCUT2D eigenvalue weighted by atomic mass is 32.1. The molecule has 0 saturated carbocycles. The van der Waals surface area contributed by atoms with Crippen LogP contribution in [0.2, 0.25) is 0 Å². The molecule has 11 heteroatoms. The van der Waals surface area contributed by atoms with Crippen LogP contribution in [0.3, 0.4) is 0 Å². The van der Waals surface area contributed by atoms with Gasteiger partial charge in [0.05, 0.1) is 11.7 Å². The molecule has 1 spiro atoms. The van der Waals surface area contributed by atoms with Gasteiger partial charge in [0, 0.05) is 50.1 Å². The number of aromatic nitrogens is 2. The summed E-state index contributed by atoms with van der Waals surface area (Å²) in [7, 11) is 0. The number of benzene rings is 1. The topological polar surface area (TPSA) is 88.0 Å². The maximum atomic E-state index is 13.8. The average molecular weight is 490 g/mol. The van der Waals surface area contributed by atoms with Gasteiger partial charge < -0.3 is 10.2 Å². The van der Waals surface area contributed by atoms with E-state index in [0.29, 0.717) is 49.4 Å². The van der Waals surface area contributed by atoms with Crippen molar-refractivity contribution in [3.63, 3.8) is 0 Å². The summed E-state index contributed by atoms with van der Waals surface area (Å²) >= 11 is 1.46. The maximum absolute atomic E-state index is 13.8. The first-order valence-electron chi connectivity index (χ1n) is 11.3. The Kier molecular flexibility index (Phi) is 6.09. The zero-order valence-corrected chi connectivity index (χ0v) is 19.5. The Bertz CT molecular complexity index is 1210. The van der Waals surface area contributed by atoms with E-state index in [2.05, 4.69) is 15.8 Å². The predicted molar refractivity (Wildman–Crippen MR) is 121 cm³/mol. The van der Waals surface area contributed by atoms with Crippen LogP contribution in [0.15, 0.2) is 29.8 Å². The Balaban J connectivity index is 1.33. The number of imidazole rings is 1. The van der Waals surface area contributed by atoms with Gasteiger partial charge in [-0.05, 0) is 37.5 Å². The molecule has 2 aliphatic rings. The maximum Gasteiger partial charge on any atom is 0.272 e. The number of nitrogens with zero attached hydrogens (tertiary/aromatic N) is 3. The van der Waals surface area contributed by atoms with Crippen molar-refractivity contribution in [1.29, 1.82) is 0 Å². The van der Waals surface area contributed by atoms with E-state index in [4.69, 9.17) is 4.84 Å². The molecule has 0 aliphatic carbocycles. The molecule has 2 saturated heterocycles. The fraction of sp³-hybridized carbons (Fsp3) is 0.435. The molecule has 0 unspecified atom stereocenters. The number of rotatable bonds is 2. The molecule has 2 N–H and O–H groups in total. The van der Waals surface area contributed by atoms with Crippen molar-refractivity contribution in [3.05, 3.63) is 58.4 Å². The first-order valence-corrected chi connectivity index (χ1v) is 12.1. The lowest BCUT2D eigenvalue weighted by molar-refractivity contribution is -0.168. The number of fused-ring (bicyclic) bond motifs is 1. The van der Waals surface area contributed by atoms with Crippen molar-refractivity contribution >= 4 is 28.1 Å². The standard InChI is InChI=1S/C23H25F2N5O3S/c1-14-19(30-9-10-34-22(30)27-14)20(31)29-7-4-23(5-8-29)21(32)28-18(3-2-6-26-33-23)15-11-16(24)13-17(25)12-15/h9-13,18,26H,2-8H2,1H3,(H,28,32)/t18-/m0/s1. The van der Waals surface area contributed by atoms with Gasteiger partial charge in [0.25, 0.3) is 11.8 Å². The Morgan fingerprint density at radius 2 is 1.97 bits per heavy atom. The van der Waals surface area contributed by atoms with Crippen LogP contribution in [0.25, 0.3) is 4.96 Å². The third-order valence-corrected chi connectivity index (χ3v) is 7.30. The number of hydrogen-bond acceptors (Lipinski definition) is 6. The molecular weight excluding hydrogens is 464 g/mol. The van der Waals surface area contributed by atoms with Gasteiger partial charge in [0.2, 0.25) is 0 Å². The second-order valence-electron chi connectivity index (χ2n) is 8.76. The molecule has 0 bridgehead atoms. The van der Waals surface area contributed by atoms with E-state index in [1.807, 2.05) is 18.5 Å². The number of thiazole rings is 1. The quantitative estimate of drug-likeness (QED) is 0.578. The smallest absolute Gasteiger partial charge is 0.272 e. The van der Waals surface area contributed by atoms with Gasteiger partial charge >= 0.3 is 0 Å². The van der Waals surface area contributed by atoms with Crippen LogP contribution in [0.5, 0.6) is 0 Å². The van der Waals surface area contributed by atoms with Gasteiger partial charge in [0.15, 0.2) is 10.6 Å². The summed E-state index contributed by atoms with van der Waals surface area (Å²) in [4.78, 5) is 39.4. The van der Waals surface area contributed by atoms with E-state index in [0.717, 1.165) is 11.0 Å². The van der Waals surface area contributed by atoms with Crippen LogP contribution in [0, 0.1) is 18.6 Å². The molecule has 1 atom stereocenters. The van der Waals surface area contributed by atoms with Crippen LogP contribution >= 0.6 is 11.3 Å². The van der Waals surface area contributed by atoms with E-state index in [9.17, 15) is 18.4 Å². The van der Waals surface area contributed by atoms with Crippen molar-refractivity contribution in [2.24, 2.45) is 0 Å². The Labute approximate surface area is 198 Å². The van der Waals surface area contributed by atoms with E-state index in [1.165, 1.54) is 23.5 Å². The van der Waals surface area contributed by atoms with Gasteiger partial charge in [0.1, 0.15) is 17.3 Å². The first-order chi connectivity index (χ1) is 16.4. The highest BCUT2D eigenvalue weighted by molar-refractivity contribution is 7.15. The molecule has 8 nitrogen and oxygen atoms in total. The van der Waals surface area contributed by atoms with E-state index < -0.39 is 23.3 Å². The number of hydroxylamine groups is 1. The largest absolute Gasteiger partial charge is 0.347 e. The lowest BCUT2D eigenvalue weighted by Crippen LogP contribution is -2.58. The van der Waals surface area contributed by atoms with Gasteiger partial charge in [-0.15, -0.1) is 11.3 Å². The fourth-order valence-electron chi connectivity index (χ4n) is 4.70. The van der Waals surface area contributed by atoms with E-state index in [-0.39, 0.29) is 24.7 Å². The fourth-order valence-corrected chi connectivity index (χ4v) is 5.46. The van der Waals surface area contributed by atoms with Crippen molar-refractivity contribution in [2.75, 3.05) is 19.6 Å². The molecule has 1 aromatic carbocycles. The molecule has 4 heterocycles. The molecule has 2 aliphatic heterocycles. The highest BCUT2D eigenvalue weighted by Gasteiger charge is 2.45. The number of likely N-dealkylation sites (tertiary alicyclic amines) is 1. The molecule has 2 amide bonds. The van der Waals surface area contributed by atoms with Gasteiger partial charge in [-0.1, -0.05) is 0 Å². The minimum absolute atomic E-state index is 0.136. The summed E-state index contributed by atoms with van der Waals surface area (Å²) in [6.45, 7) is 2.94. The molecule has 180 valence electrons. The molecule has 2 fully saturated rings. The van der Waals surface area contributed by atoms with Crippen molar-refractivity contribution < 1.29 is 23.2 Å². The van der Waals surface area contributed by atoms with E-state index in [1.54, 1.807) is 9.30 Å². The molecular formula is C23H25F2N5O3S. The summed E-state index contributed by atoms with van der Waals surface area (Å²) in [5.41, 5.74) is 3.28. The normalized spacial score (nSPS) is 21.2. The van der Waals surface area contributed by atoms with Crippen LogP contribution in [0.4, 0.5) is 8.78 Å². The Hall–Kier alpha value is -2.89. The number of nitrogens with one attached hydrogen (secondary N) is 2. The van der Waals surface area contributed by atoms with Gasteiger partial charge in [-0.2, -0.15) is 0 Å². The molecule has 3 aromatic rings.